The van der Waals surface area contributed by atoms with Gasteiger partial charge in [0.1, 0.15) is 0 Å². The van der Waals surface area contributed by atoms with Crippen molar-refractivity contribution in [1.82, 2.24) is 0 Å². The molecule has 72 valence electrons. The fourth-order valence-electron chi connectivity index (χ4n) is 1.77. The zero-order valence-electron chi connectivity index (χ0n) is 8.39. The summed E-state index contributed by atoms with van der Waals surface area (Å²) in [7, 11) is 0. The van der Waals surface area contributed by atoms with Crippen LogP contribution in [0.5, 0.6) is 11.5 Å². The van der Waals surface area contributed by atoms with Gasteiger partial charge in [0.2, 0.25) is 0 Å². The molecule has 0 heterocycles. The van der Waals surface area contributed by atoms with Gasteiger partial charge in [0.05, 0.1) is 0 Å². The first-order valence-corrected chi connectivity index (χ1v) is 4.65. The van der Waals surface area contributed by atoms with Crippen molar-refractivity contribution >= 4 is 0 Å². The lowest BCUT2D eigenvalue weighted by atomic mass is 9.96. The normalized spacial score (nSPS) is 10.4. The standard InChI is InChI=1S/C11H16O2/c1-4-8-7(3)6-10(12)11(13)9(8)5-2/h6,12-13H,4-5H2,1-3H3. The van der Waals surface area contributed by atoms with E-state index in [-0.39, 0.29) is 11.5 Å². The Labute approximate surface area is 78.8 Å². The molecule has 0 saturated carbocycles. The largest absolute Gasteiger partial charge is 0.504 e. The summed E-state index contributed by atoms with van der Waals surface area (Å²) in [4.78, 5) is 0. The zero-order valence-corrected chi connectivity index (χ0v) is 8.39. The van der Waals surface area contributed by atoms with E-state index in [0.717, 1.165) is 29.5 Å². The molecule has 1 rings (SSSR count). The Bertz CT molecular complexity index is 316. The molecule has 0 fully saturated rings. The Kier molecular flexibility index (Phi) is 2.81. The number of aromatic hydroxyl groups is 2. The summed E-state index contributed by atoms with van der Waals surface area (Å²) in [5.41, 5.74) is 3.08. The average molecular weight is 180 g/mol. The number of hydrogen-bond donors (Lipinski definition) is 2. The zero-order chi connectivity index (χ0) is 10.0. The first-order chi connectivity index (χ1) is 6.11. The van der Waals surface area contributed by atoms with Crippen LogP contribution in [0.15, 0.2) is 6.07 Å². The molecule has 0 aliphatic rings. The van der Waals surface area contributed by atoms with E-state index in [4.69, 9.17) is 0 Å². The maximum absolute atomic E-state index is 9.58. The third-order valence-electron chi connectivity index (χ3n) is 2.43. The van der Waals surface area contributed by atoms with Gasteiger partial charge in [-0.1, -0.05) is 13.8 Å². The second-order valence-electron chi connectivity index (χ2n) is 3.23. The molecular weight excluding hydrogens is 164 g/mol. The minimum atomic E-state index is -0.00782. The predicted molar refractivity (Wildman–Crippen MR) is 53.3 cm³/mol. The highest BCUT2D eigenvalue weighted by molar-refractivity contribution is 5.52. The first kappa shape index (κ1) is 9.90. The Morgan fingerprint density at radius 3 is 2.08 bits per heavy atom. The van der Waals surface area contributed by atoms with Crippen molar-refractivity contribution in [3.8, 4) is 11.5 Å². The third-order valence-corrected chi connectivity index (χ3v) is 2.43. The summed E-state index contributed by atoms with van der Waals surface area (Å²) in [5.74, 6) is 0.0384. The first-order valence-electron chi connectivity index (χ1n) is 4.65. The number of aryl methyl sites for hydroxylation is 1. The summed E-state index contributed by atoms with van der Waals surface area (Å²) in [5, 5.41) is 19.0. The second kappa shape index (κ2) is 3.69. The summed E-state index contributed by atoms with van der Waals surface area (Å²) < 4.78 is 0. The molecule has 13 heavy (non-hydrogen) atoms. The van der Waals surface area contributed by atoms with Crippen LogP contribution in [0, 0.1) is 6.92 Å². The second-order valence-corrected chi connectivity index (χ2v) is 3.23. The molecular formula is C11H16O2. The van der Waals surface area contributed by atoms with Gasteiger partial charge < -0.3 is 10.2 Å². The van der Waals surface area contributed by atoms with Gasteiger partial charge in [-0.05, 0) is 37.0 Å². The number of phenols is 2. The van der Waals surface area contributed by atoms with Gasteiger partial charge in [-0.25, -0.2) is 0 Å². The molecule has 2 heteroatoms. The van der Waals surface area contributed by atoms with Crippen LogP contribution in [-0.4, -0.2) is 10.2 Å². The quantitative estimate of drug-likeness (QED) is 0.686. The van der Waals surface area contributed by atoms with Crippen molar-refractivity contribution < 1.29 is 10.2 Å². The topological polar surface area (TPSA) is 40.5 Å². The Morgan fingerprint density at radius 2 is 1.62 bits per heavy atom. The molecule has 1 aromatic carbocycles. The number of phenolic OH excluding ortho intramolecular Hbond substituents is 2. The highest BCUT2D eigenvalue weighted by Gasteiger charge is 2.11. The highest BCUT2D eigenvalue weighted by Crippen LogP contribution is 2.34. The fraction of sp³-hybridized carbons (Fsp3) is 0.455. The van der Waals surface area contributed by atoms with Gasteiger partial charge in [0.15, 0.2) is 11.5 Å². The molecule has 2 nitrogen and oxygen atoms in total. The molecule has 0 atom stereocenters. The van der Waals surface area contributed by atoms with Crippen LogP contribution in [0.25, 0.3) is 0 Å². The maximum Gasteiger partial charge on any atom is 0.160 e. The molecule has 0 unspecified atom stereocenters. The van der Waals surface area contributed by atoms with Crippen LogP contribution in [0.3, 0.4) is 0 Å². The number of benzene rings is 1. The SMILES string of the molecule is CCc1c(C)cc(O)c(O)c1CC. The minimum absolute atomic E-state index is 0.00782. The summed E-state index contributed by atoms with van der Waals surface area (Å²) in [6, 6.07) is 1.62. The predicted octanol–water partition coefficient (Wildman–Crippen LogP) is 2.53. The van der Waals surface area contributed by atoms with Crippen LogP contribution in [0.4, 0.5) is 0 Å². The van der Waals surface area contributed by atoms with Gasteiger partial charge in [-0.2, -0.15) is 0 Å². The Morgan fingerprint density at radius 1 is 1.08 bits per heavy atom. The molecule has 0 bridgehead atoms. The Hall–Kier alpha value is -1.18. The van der Waals surface area contributed by atoms with Crippen molar-refractivity contribution in [1.29, 1.82) is 0 Å². The Balaban J connectivity index is 3.41. The number of hydrogen-bond acceptors (Lipinski definition) is 2. The molecule has 0 aliphatic heterocycles. The van der Waals surface area contributed by atoms with E-state index in [1.807, 2.05) is 13.8 Å². The molecule has 0 aliphatic carbocycles. The summed E-state index contributed by atoms with van der Waals surface area (Å²) in [6.45, 7) is 5.99. The van der Waals surface area contributed by atoms with E-state index in [1.54, 1.807) is 6.07 Å². The minimum Gasteiger partial charge on any atom is -0.504 e. The van der Waals surface area contributed by atoms with Crippen molar-refractivity contribution in [3.05, 3.63) is 22.8 Å². The molecule has 2 N–H and O–H groups in total. The van der Waals surface area contributed by atoms with E-state index in [0.29, 0.717) is 0 Å². The van der Waals surface area contributed by atoms with Crippen LogP contribution >= 0.6 is 0 Å². The summed E-state index contributed by atoms with van der Waals surface area (Å²) >= 11 is 0. The van der Waals surface area contributed by atoms with E-state index in [9.17, 15) is 10.2 Å². The van der Waals surface area contributed by atoms with Crippen LogP contribution in [0.2, 0.25) is 0 Å². The molecule has 0 radical (unpaired) electrons. The van der Waals surface area contributed by atoms with Crippen molar-refractivity contribution in [2.45, 2.75) is 33.6 Å². The van der Waals surface area contributed by atoms with Crippen molar-refractivity contribution in [2.75, 3.05) is 0 Å². The van der Waals surface area contributed by atoms with Crippen LogP contribution < -0.4 is 0 Å². The van der Waals surface area contributed by atoms with Crippen LogP contribution in [0.1, 0.15) is 30.5 Å². The van der Waals surface area contributed by atoms with E-state index in [2.05, 4.69) is 6.92 Å². The van der Waals surface area contributed by atoms with Gasteiger partial charge in [-0.3, -0.25) is 0 Å². The lowest BCUT2D eigenvalue weighted by Crippen LogP contribution is -1.95. The fourth-order valence-corrected chi connectivity index (χ4v) is 1.77. The molecule has 0 spiro atoms. The van der Waals surface area contributed by atoms with Crippen molar-refractivity contribution in [2.24, 2.45) is 0 Å². The van der Waals surface area contributed by atoms with E-state index in [1.165, 1.54) is 0 Å². The van der Waals surface area contributed by atoms with Gasteiger partial charge >= 0.3 is 0 Å². The van der Waals surface area contributed by atoms with Gasteiger partial charge in [0, 0.05) is 5.56 Å². The monoisotopic (exact) mass is 180 g/mol. The lowest BCUT2D eigenvalue weighted by Gasteiger charge is -2.12. The molecule has 0 saturated heterocycles. The smallest absolute Gasteiger partial charge is 0.160 e. The third kappa shape index (κ3) is 1.62. The van der Waals surface area contributed by atoms with Crippen LogP contribution in [-0.2, 0) is 12.8 Å². The van der Waals surface area contributed by atoms with Gasteiger partial charge in [-0.15, -0.1) is 0 Å². The van der Waals surface area contributed by atoms with E-state index < -0.39 is 0 Å². The maximum atomic E-state index is 9.58. The summed E-state index contributed by atoms with van der Waals surface area (Å²) in [6.07, 6.45) is 1.65. The van der Waals surface area contributed by atoms with Crippen molar-refractivity contribution in [3.63, 3.8) is 0 Å². The highest BCUT2D eigenvalue weighted by atomic mass is 16.3. The van der Waals surface area contributed by atoms with E-state index >= 15 is 0 Å². The number of rotatable bonds is 2. The molecule has 0 amide bonds. The van der Waals surface area contributed by atoms with Gasteiger partial charge in [0.25, 0.3) is 0 Å². The molecule has 0 aromatic heterocycles. The average Bonchev–Trinajstić information content (AvgIpc) is 2.10. The lowest BCUT2D eigenvalue weighted by molar-refractivity contribution is 0.398. The molecule has 1 aromatic rings.